The summed E-state index contributed by atoms with van der Waals surface area (Å²) in [5, 5.41) is 0. The summed E-state index contributed by atoms with van der Waals surface area (Å²) in [5.41, 5.74) is 0. The number of piperazine rings is 1. The number of rotatable bonds is 2. The van der Waals surface area contributed by atoms with Gasteiger partial charge in [0.1, 0.15) is 0 Å². The minimum Gasteiger partial charge on any atom is -0.381 e. The molecule has 104 valence electrons. The highest BCUT2D eigenvalue weighted by atomic mass is 16.5. The molecule has 0 aromatic carbocycles. The molecule has 0 saturated carbocycles. The SMILES string of the molecule is CC1CN2CCCC2CN1C(C)C1CCOCC1. The van der Waals surface area contributed by atoms with E-state index in [2.05, 4.69) is 23.6 Å². The quantitative estimate of drug-likeness (QED) is 0.747. The summed E-state index contributed by atoms with van der Waals surface area (Å²) in [7, 11) is 0. The first-order valence-corrected chi connectivity index (χ1v) is 7.83. The summed E-state index contributed by atoms with van der Waals surface area (Å²) in [5.74, 6) is 0.856. The number of hydrogen-bond acceptors (Lipinski definition) is 3. The van der Waals surface area contributed by atoms with E-state index in [-0.39, 0.29) is 0 Å². The van der Waals surface area contributed by atoms with Crippen LogP contribution in [0.5, 0.6) is 0 Å². The highest BCUT2D eigenvalue weighted by Gasteiger charge is 2.38. The maximum atomic E-state index is 5.51. The molecule has 3 atom stereocenters. The van der Waals surface area contributed by atoms with Crippen molar-refractivity contribution in [2.75, 3.05) is 32.8 Å². The molecule has 3 nitrogen and oxygen atoms in total. The van der Waals surface area contributed by atoms with E-state index in [0.29, 0.717) is 0 Å². The van der Waals surface area contributed by atoms with Crippen LogP contribution in [0, 0.1) is 5.92 Å². The largest absolute Gasteiger partial charge is 0.381 e. The average Bonchev–Trinajstić information content (AvgIpc) is 2.85. The minimum atomic E-state index is 0.734. The number of ether oxygens (including phenoxy) is 1. The Hall–Kier alpha value is -0.120. The van der Waals surface area contributed by atoms with E-state index in [1.54, 1.807) is 0 Å². The molecule has 3 saturated heterocycles. The summed E-state index contributed by atoms with van der Waals surface area (Å²) >= 11 is 0. The minimum absolute atomic E-state index is 0.734. The highest BCUT2D eigenvalue weighted by molar-refractivity contribution is 4.93. The third-order valence-corrected chi connectivity index (χ3v) is 5.46. The molecule has 3 heterocycles. The van der Waals surface area contributed by atoms with Gasteiger partial charge in [-0.3, -0.25) is 9.80 Å². The third-order valence-electron chi connectivity index (χ3n) is 5.46. The highest BCUT2D eigenvalue weighted by Crippen LogP contribution is 2.30. The Morgan fingerprint density at radius 3 is 2.67 bits per heavy atom. The molecule has 0 aliphatic carbocycles. The van der Waals surface area contributed by atoms with Gasteiger partial charge in [-0.2, -0.15) is 0 Å². The first-order valence-electron chi connectivity index (χ1n) is 7.83. The van der Waals surface area contributed by atoms with E-state index in [1.165, 1.54) is 45.3 Å². The van der Waals surface area contributed by atoms with Crippen molar-refractivity contribution in [2.24, 2.45) is 5.92 Å². The number of fused-ring (bicyclic) bond motifs is 1. The van der Waals surface area contributed by atoms with Gasteiger partial charge in [-0.15, -0.1) is 0 Å². The van der Waals surface area contributed by atoms with Gasteiger partial charge >= 0.3 is 0 Å². The van der Waals surface area contributed by atoms with Crippen molar-refractivity contribution in [2.45, 2.75) is 57.7 Å². The van der Waals surface area contributed by atoms with Crippen molar-refractivity contribution in [1.29, 1.82) is 0 Å². The predicted octanol–water partition coefficient (Wildman–Crippen LogP) is 1.97. The van der Waals surface area contributed by atoms with Gasteiger partial charge in [0.15, 0.2) is 0 Å². The second-order valence-electron chi connectivity index (χ2n) is 6.53. The Morgan fingerprint density at radius 2 is 1.89 bits per heavy atom. The molecule has 18 heavy (non-hydrogen) atoms. The van der Waals surface area contributed by atoms with Gasteiger partial charge in [0.05, 0.1) is 0 Å². The maximum absolute atomic E-state index is 5.51. The van der Waals surface area contributed by atoms with Crippen molar-refractivity contribution in [3.63, 3.8) is 0 Å². The number of nitrogens with zero attached hydrogens (tertiary/aromatic N) is 2. The molecule has 3 rings (SSSR count). The van der Waals surface area contributed by atoms with Crippen molar-refractivity contribution in [3.05, 3.63) is 0 Å². The molecule has 3 fully saturated rings. The molecular weight excluding hydrogens is 224 g/mol. The molecule has 0 bridgehead atoms. The zero-order chi connectivity index (χ0) is 12.5. The van der Waals surface area contributed by atoms with Crippen molar-refractivity contribution in [3.8, 4) is 0 Å². The molecule has 0 spiro atoms. The van der Waals surface area contributed by atoms with Gasteiger partial charge in [-0.1, -0.05) is 0 Å². The van der Waals surface area contributed by atoms with Crippen molar-refractivity contribution >= 4 is 0 Å². The average molecular weight is 252 g/mol. The first kappa shape index (κ1) is 12.9. The zero-order valence-corrected chi connectivity index (χ0v) is 12.0. The predicted molar refractivity (Wildman–Crippen MR) is 73.8 cm³/mol. The van der Waals surface area contributed by atoms with E-state index in [0.717, 1.165) is 37.3 Å². The first-order chi connectivity index (χ1) is 8.75. The van der Waals surface area contributed by atoms with Crippen LogP contribution in [-0.2, 0) is 4.74 Å². The topological polar surface area (TPSA) is 15.7 Å². The molecule has 0 N–H and O–H groups in total. The smallest absolute Gasteiger partial charge is 0.0469 e. The Bertz CT molecular complexity index is 278. The summed E-state index contributed by atoms with van der Waals surface area (Å²) < 4.78 is 5.51. The van der Waals surface area contributed by atoms with Gasteiger partial charge in [0, 0.05) is 44.4 Å². The molecule has 0 aromatic rings. The Morgan fingerprint density at radius 1 is 1.11 bits per heavy atom. The van der Waals surface area contributed by atoms with Crippen LogP contribution in [0.2, 0.25) is 0 Å². The maximum Gasteiger partial charge on any atom is 0.0469 e. The lowest BCUT2D eigenvalue weighted by Gasteiger charge is -2.47. The molecule has 0 radical (unpaired) electrons. The molecule has 3 aliphatic heterocycles. The Balaban J connectivity index is 1.63. The monoisotopic (exact) mass is 252 g/mol. The standard InChI is InChI=1S/C15H28N2O/c1-12-10-16-7-3-4-15(16)11-17(12)13(2)14-5-8-18-9-6-14/h12-15H,3-11H2,1-2H3. The van der Waals surface area contributed by atoms with Crippen molar-refractivity contribution in [1.82, 2.24) is 9.80 Å². The lowest BCUT2D eigenvalue weighted by molar-refractivity contribution is -0.0163. The van der Waals surface area contributed by atoms with E-state index >= 15 is 0 Å². The molecule has 0 aromatic heterocycles. The fourth-order valence-electron chi connectivity index (χ4n) is 4.25. The van der Waals surface area contributed by atoms with Crippen LogP contribution in [0.1, 0.15) is 39.5 Å². The van der Waals surface area contributed by atoms with Crippen LogP contribution in [0.3, 0.4) is 0 Å². The molecule has 3 unspecified atom stereocenters. The fraction of sp³-hybridized carbons (Fsp3) is 1.00. The zero-order valence-electron chi connectivity index (χ0n) is 12.0. The van der Waals surface area contributed by atoms with Gasteiger partial charge in [0.25, 0.3) is 0 Å². The summed E-state index contributed by atoms with van der Waals surface area (Å²) in [6.07, 6.45) is 5.36. The second kappa shape index (κ2) is 5.48. The summed E-state index contributed by atoms with van der Waals surface area (Å²) in [4.78, 5) is 5.51. The lowest BCUT2D eigenvalue weighted by Crippen LogP contribution is -2.59. The van der Waals surface area contributed by atoms with Crippen LogP contribution in [0.4, 0.5) is 0 Å². The van der Waals surface area contributed by atoms with Crippen LogP contribution < -0.4 is 0 Å². The summed E-state index contributed by atoms with van der Waals surface area (Å²) in [6.45, 7) is 10.8. The lowest BCUT2D eigenvalue weighted by atomic mass is 9.90. The van der Waals surface area contributed by atoms with Crippen LogP contribution in [-0.4, -0.2) is 60.8 Å². The molecule has 3 aliphatic rings. The van der Waals surface area contributed by atoms with E-state index in [9.17, 15) is 0 Å². The van der Waals surface area contributed by atoms with Crippen molar-refractivity contribution < 1.29 is 4.74 Å². The van der Waals surface area contributed by atoms with E-state index in [4.69, 9.17) is 4.74 Å². The van der Waals surface area contributed by atoms with Crippen LogP contribution >= 0.6 is 0 Å². The van der Waals surface area contributed by atoms with Gasteiger partial charge in [-0.05, 0) is 52.0 Å². The van der Waals surface area contributed by atoms with Crippen LogP contribution in [0.15, 0.2) is 0 Å². The van der Waals surface area contributed by atoms with Crippen LogP contribution in [0.25, 0.3) is 0 Å². The molecular formula is C15H28N2O. The Kier molecular flexibility index (Phi) is 3.92. The number of hydrogen-bond donors (Lipinski definition) is 0. The van der Waals surface area contributed by atoms with Gasteiger partial charge in [-0.25, -0.2) is 0 Å². The van der Waals surface area contributed by atoms with E-state index < -0.39 is 0 Å². The second-order valence-corrected chi connectivity index (χ2v) is 6.53. The van der Waals surface area contributed by atoms with E-state index in [1.807, 2.05) is 0 Å². The summed E-state index contributed by atoms with van der Waals surface area (Å²) in [6, 6.07) is 2.33. The normalized spacial score (nSPS) is 37.7. The molecule has 0 amide bonds. The Labute approximate surface area is 111 Å². The van der Waals surface area contributed by atoms with Gasteiger partial charge in [0.2, 0.25) is 0 Å². The molecule has 3 heteroatoms. The third kappa shape index (κ3) is 2.45. The fourth-order valence-corrected chi connectivity index (χ4v) is 4.25. The van der Waals surface area contributed by atoms with Gasteiger partial charge < -0.3 is 4.74 Å².